The summed E-state index contributed by atoms with van der Waals surface area (Å²) in [5, 5.41) is 0. The van der Waals surface area contributed by atoms with E-state index in [2.05, 4.69) is 52.8 Å². The van der Waals surface area contributed by atoms with Crippen molar-refractivity contribution in [2.45, 2.75) is 13.3 Å². The molecule has 0 N–H and O–H groups in total. The van der Waals surface area contributed by atoms with Gasteiger partial charge in [-0.2, -0.15) is 0 Å². The lowest BCUT2D eigenvalue weighted by atomic mass is 10.1. The van der Waals surface area contributed by atoms with Gasteiger partial charge >= 0.3 is 11.9 Å². The molecule has 0 aromatic heterocycles. The largest absolute Gasteiger partial charge is 0.425 e. The van der Waals surface area contributed by atoms with Crippen LogP contribution in [0.3, 0.4) is 0 Å². The van der Waals surface area contributed by atoms with Crippen LogP contribution in [0, 0.1) is 0 Å². The Morgan fingerprint density at radius 2 is 1.85 bits per heavy atom. The molecule has 0 radical (unpaired) electrons. The summed E-state index contributed by atoms with van der Waals surface area (Å²) in [7, 11) is 0. The Morgan fingerprint density at radius 3 is 2.52 bits per heavy atom. The third-order valence-electron chi connectivity index (χ3n) is 3.55. The van der Waals surface area contributed by atoms with Crippen molar-refractivity contribution >= 4 is 71.7 Å². The van der Waals surface area contributed by atoms with Crippen LogP contribution >= 0.6 is 47.8 Å². The van der Waals surface area contributed by atoms with Gasteiger partial charge in [0.1, 0.15) is 0 Å². The number of benzene rings is 2. The zero-order valence-electron chi connectivity index (χ0n) is 14.0. The second-order valence-electron chi connectivity index (χ2n) is 5.48. The van der Waals surface area contributed by atoms with E-state index in [-0.39, 0.29) is 24.0 Å². The molecular formula is C19H12Br3NO4. The molecule has 0 aliphatic carbocycles. The topological polar surface area (TPSA) is 65.0 Å². The van der Waals surface area contributed by atoms with Crippen molar-refractivity contribution in [2.24, 2.45) is 4.99 Å². The number of rotatable bonds is 4. The average molecular weight is 558 g/mol. The Hall–Kier alpha value is -1.77. The van der Waals surface area contributed by atoms with Crippen LogP contribution in [0.25, 0.3) is 6.08 Å². The standard InChI is InChI=1S/C19H12Br3NO4/c1-2-16(24)26-17-11(7-13(21)9-14(17)22)8-15-19(25)27-18(23-15)10-3-5-12(20)6-4-10/h3-9H,2H2,1H3/b15-8-. The quantitative estimate of drug-likeness (QED) is 0.277. The van der Waals surface area contributed by atoms with Gasteiger partial charge in [0.25, 0.3) is 0 Å². The van der Waals surface area contributed by atoms with Crippen LogP contribution in [0.1, 0.15) is 24.5 Å². The fourth-order valence-electron chi connectivity index (χ4n) is 2.25. The van der Waals surface area contributed by atoms with Crippen LogP contribution < -0.4 is 4.74 Å². The molecule has 2 aromatic carbocycles. The molecule has 1 aliphatic heterocycles. The van der Waals surface area contributed by atoms with E-state index in [4.69, 9.17) is 9.47 Å². The summed E-state index contributed by atoms with van der Waals surface area (Å²) in [6.45, 7) is 1.70. The third-order valence-corrected chi connectivity index (χ3v) is 5.12. The van der Waals surface area contributed by atoms with Crippen molar-refractivity contribution in [1.82, 2.24) is 0 Å². The van der Waals surface area contributed by atoms with Gasteiger partial charge in [0.2, 0.25) is 5.90 Å². The summed E-state index contributed by atoms with van der Waals surface area (Å²) < 4.78 is 12.9. The zero-order chi connectivity index (χ0) is 19.6. The number of ether oxygens (including phenoxy) is 2. The predicted molar refractivity (Wildman–Crippen MR) is 113 cm³/mol. The minimum absolute atomic E-state index is 0.117. The van der Waals surface area contributed by atoms with Gasteiger partial charge in [0.15, 0.2) is 11.4 Å². The van der Waals surface area contributed by atoms with Crippen LogP contribution in [0.5, 0.6) is 5.75 Å². The molecule has 0 bridgehead atoms. The van der Waals surface area contributed by atoms with Gasteiger partial charge in [-0.1, -0.05) is 38.8 Å². The smallest absolute Gasteiger partial charge is 0.363 e. The van der Waals surface area contributed by atoms with Crippen molar-refractivity contribution in [3.05, 3.63) is 66.6 Å². The molecular weight excluding hydrogens is 546 g/mol. The summed E-state index contributed by atoms with van der Waals surface area (Å²) >= 11 is 10.1. The molecule has 8 heteroatoms. The first-order valence-corrected chi connectivity index (χ1v) is 10.2. The van der Waals surface area contributed by atoms with Crippen molar-refractivity contribution in [1.29, 1.82) is 0 Å². The van der Waals surface area contributed by atoms with Gasteiger partial charge in [0.05, 0.1) is 4.47 Å². The predicted octanol–water partition coefficient (Wildman–Crippen LogP) is 5.63. The van der Waals surface area contributed by atoms with E-state index in [0.717, 1.165) is 8.95 Å². The number of nitrogens with zero attached hydrogens (tertiary/aromatic N) is 1. The van der Waals surface area contributed by atoms with Gasteiger partial charge in [-0.3, -0.25) is 4.79 Å². The fraction of sp³-hybridized carbons (Fsp3) is 0.105. The highest BCUT2D eigenvalue weighted by Crippen LogP contribution is 2.35. The van der Waals surface area contributed by atoms with E-state index in [0.29, 0.717) is 21.3 Å². The Kier molecular flexibility index (Phi) is 6.29. The van der Waals surface area contributed by atoms with Gasteiger partial charge in [-0.15, -0.1) is 0 Å². The number of halogens is 3. The second kappa shape index (κ2) is 8.50. The highest BCUT2D eigenvalue weighted by molar-refractivity contribution is 9.11. The van der Waals surface area contributed by atoms with Crippen LogP contribution in [-0.2, 0) is 14.3 Å². The highest BCUT2D eigenvalue weighted by Gasteiger charge is 2.25. The summed E-state index contributed by atoms with van der Waals surface area (Å²) in [6, 6.07) is 10.7. The first kappa shape index (κ1) is 20.0. The molecule has 0 fully saturated rings. The number of esters is 2. The van der Waals surface area contributed by atoms with E-state index in [1.165, 1.54) is 6.08 Å². The number of carbonyl (C=O) groups is 2. The van der Waals surface area contributed by atoms with Crippen LogP contribution in [0.15, 0.2) is 60.5 Å². The summed E-state index contributed by atoms with van der Waals surface area (Å²) in [6.07, 6.45) is 1.76. The maximum Gasteiger partial charge on any atom is 0.363 e. The first-order chi connectivity index (χ1) is 12.9. The summed E-state index contributed by atoms with van der Waals surface area (Å²) in [5.74, 6) is -0.417. The maximum absolute atomic E-state index is 12.2. The first-order valence-electron chi connectivity index (χ1n) is 7.85. The normalized spacial score (nSPS) is 14.9. The third kappa shape index (κ3) is 4.75. The molecule has 0 spiro atoms. The molecule has 0 saturated heterocycles. The molecule has 0 amide bonds. The van der Waals surface area contributed by atoms with E-state index in [1.54, 1.807) is 31.2 Å². The second-order valence-corrected chi connectivity index (χ2v) is 8.16. The monoisotopic (exact) mass is 555 g/mol. The Morgan fingerprint density at radius 1 is 1.15 bits per heavy atom. The molecule has 3 rings (SSSR count). The minimum atomic E-state index is -0.572. The Bertz CT molecular complexity index is 981. The summed E-state index contributed by atoms with van der Waals surface area (Å²) in [5.41, 5.74) is 1.32. The van der Waals surface area contributed by atoms with Crippen LogP contribution in [-0.4, -0.2) is 17.8 Å². The van der Waals surface area contributed by atoms with Crippen molar-refractivity contribution in [3.8, 4) is 5.75 Å². The van der Waals surface area contributed by atoms with Crippen LogP contribution in [0.2, 0.25) is 0 Å². The number of carbonyl (C=O) groups excluding carboxylic acids is 2. The van der Waals surface area contributed by atoms with Gasteiger partial charge in [-0.25, -0.2) is 9.79 Å². The minimum Gasteiger partial charge on any atom is -0.425 e. The van der Waals surface area contributed by atoms with E-state index in [1.807, 2.05) is 12.1 Å². The number of hydrogen-bond donors (Lipinski definition) is 0. The van der Waals surface area contributed by atoms with E-state index in [9.17, 15) is 9.59 Å². The highest BCUT2D eigenvalue weighted by atomic mass is 79.9. The van der Waals surface area contributed by atoms with Gasteiger partial charge in [0, 0.05) is 26.5 Å². The van der Waals surface area contributed by atoms with Crippen molar-refractivity contribution < 1.29 is 19.1 Å². The molecule has 0 atom stereocenters. The average Bonchev–Trinajstić information content (AvgIpc) is 2.99. The van der Waals surface area contributed by atoms with Gasteiger partial charge in [-0.05, 0) is 58.4 Å². The molecule has 2 aromatic rings. The lowest BCUT2D eigenvalue weighted by Crippen LogP contribution is -2.07. The number of cyclic esters (lactones) is 1. The molecule has 0 saturated carbocycles. The Balaban J connectivity index is 2.01. The van der Waals surface area contributed by atoms with Gasteiger partial charge < -0.3 is 9.47 Å². The fourth-order valence-corrected chi connectivity index (χ4v) is 3.86. The Labute approximate surface area is 180 Å². The lowest BCUT2D eigenvalue weighted by molar-refractivity contribution is -0.134. The zero-order valence-corrected chi connectivity index (χ0v) is 18.7. The summed E-state index contributed by atoms with van der Waals surface area (Å²) in [4.78, 5) is 28.3. The van der Waals surface area contributed by atoms with Crippen molar-refractivity contribution in [2.75, 3.05) is 0 Å². The van der Waals surface area contributed by atoms with Crippen LogP contribution in [0.4, 0.5) is 0 Å². The number of aliphatic imine (C=N–C) groups is 1. The van der Waals surface area contributed by atoms with E-state index >= 15 is 0 Å². The molecule has 1 heterocycles. The van der Waals surface area contributed by atoms with E-state index < -0.39 is 5.97 Å². The molecule has 1 aliphatic rings. The number of hydrogen-bond acceptors (Lipinski definition) is 5. The SMILES string of the molecule is CCC(=O)Oc1c(Br)cc(Br)cc1/C=C1\N=C(c2ccc(Br)cc2)OC1=O. The maximum atomic E-state index is 12.2. The lowest BCUT2D eigenvalue weighted by Gasteiger charge is -2.10. The molecule has 0 unspecified atom stereocenters. The van der Waals surface area contributed by atoms with Crippen molar-refractivity contribution in [3.63, 3.8) is 0 Å². The molecule has 138 valence electrons. The molecule has 5 nitrogen and oxygen atoms in total. The molecule has 27 heavy (non-hydrogen) atoms.